The average molecular weight is 526 g/mol. The van der Waals surface area contributed by atoms with Crippen LogP contribution in [0.15, 0.2) is 72.9 Å². The number of rotatable bonds is 6. The van der Waals surface area contributed by atoms with E-state index in [0.29, 0.717) is 11.4 Å². The van der Waals surface area contributed by atoms with Gasteiger partial charge in [0.25, 0.3) is 0 Å². The van der Waals surface area contributed by atoms with Gasteiger partial charge >= 0.3 is 6.03 Å². The fraction of sp³-hybridized carbons (Fsp3) is 0.312. The Morgan fingerprint density at radius 1 is 0.949 bits per heavy atom. The van der Waals surface area contributed by atoms with Crippen molar-refractivity contribution in [2.75, 3.05) is 44.0 Å². The number of hydrogen-bond donors (Lipinski definition) is 2. The Morgan fingerprint density at radius 2 is 1.69 bits per heavy atom. The molecule has 0 bridgehead atoms. The summed E-state index contributed by atoms with van der Waals surface area (Å²) in [6.45, 7) is 11.1. The van der Waals surface area contributed by atoms with E-state index in [1.165, 1.54) is 0 Å². The number of fused-ring (bicyclic) bond motifs is 1. The largest absolute Gasteiger partial charge is 0.495 e. The minimum atomic E-state index is -0.325. The Morgan fingerprint density at radius 3 is 2.38 bits per heavy atom. The molecule has 5 rings (SSSR count). The molecule has 4 aromatic rings. The molecule has 7 heteroatoms. The van der Waals surface area contributed by atoms with Crippen LogP contribution in [0.2, 0.25) is 0 Å². The van der Waals surface area contributed by atoms with E-state index in [1.54, 1.807) is 7.11 Å². The van der Waals surface area contributed by atoms with Crippen LogP contribution >= 0.6 is 0 Å². The van der Waals surface area contributed by atoms with Gasteiger partial charge in [0.2, 0.25) is 0 Å². The summed E-state index contributed by atoms with van der Waals surface area (Å²) in [7, 11) is 1.60. The molecule has 7 nitrogen and oxygen atoms in total. The van der Waals surface area contributed by atoms with Crippen LogP contribution in [-0.4, -0.2) is 54.1 Å². The molecule has 1 saturated heterocycles. The molecule has 0 saturated carbocycles. The van der Waals surface area contributed by atoms with Crippen LogP contribution in [0.4, 0.5) is 16.2 Å². The lowest BCUT2D eigenvalue weighted by molar-refractivity contribution is -0.0924. The van der Waals surface area contributed by atoms with Crippen LogP contribution in [0.3, 0.4) is 0 Å². The van der Waals surface area contributed by atoms with Crippen molar-refractivity contribution >= 4 is 28.2 Å². The van der Waals surface area contributed by atoms with Crippen LogP contribution in [0.5, 0.6) is 5.75 Å². The van der Waals surface area contributed by atoms with Gasteiger partial charge < -0.3 is 20.1 Å². The Hall–Kier alpha value is -3.94. The smallest absolute Gasteiger partial charge is 0.323 e. The lowest BCUT2D eigenvalue weighted by Gasteiger charge is -2.23. The first-order valence-corrected chi connectivity index (χ1v) is 13.4. The molecular weight excluding hydrogens is 488 g/mol. The lowest BCUT2D eigenvalue weighted by Crippen LogP contribution is -2.37. The van der Waals surface area contributed by atoms with E-state index >= 15 is 0 Å². The van der Waals surface area contributed by atoms with Gasteiger partial charge in [-0.3, -0.25) is 9.88 Å². The molecule has 3 N–H and O–H groups in total. The van der Waals surface area contributed by atoms with Crippen molar-refractivity contribution in [2.45, 2.75) is 32.7 Å². The van der Waals surface area contributed by atoms with E-state index < -0.39 is 0 Å². The van der Waals surface area contributed by atoms with E-state index in [1.807, 2.05) is 54.7 Å². The van der Waals surface area contributed by atoms with Crippen molar-refractivity contribution in [3.8, 4) is 16.9 Å². The maximum atomic E-state index is 13.1. The number of carbonyl (C=O) groups excluding carboxylic acids is 1. The highest BCUT2D eigenvalue weighted by Crippen LogP contribution is 2.34. The number of anilines is 2. The van der Waals surface area contributed by atoms with Crippen molar-refractivity contribution in [3.63, 3.8) is 0 Å². The summed E-state index contributed by atoms with van der Waals surface area (Å²) in [4.78, 5) is 20.3. The number of morpholine rings is 1. The minimum absolute atomic E-state index is 0.0535. The average Bonchev–Trinajstić information content (AvgIpc) is 2.94. The summed E-state index contributed by atoms with van der Waals surface area (Å²) < 4.78 is 9.91. The Bertz CT molecular complexity index is 1460. The highest BCUT2D eigenvalue weighted by Gasteiger charge is 2.18. The number of nitrogens with one attached hydrogen (secondary N) is 2. The van der Waals surface area contributed by atoms with Crippen LogP contribution in [-0.2, 0) is 12.0 Å². The molecule has 2 heterocycles. The molecule has 3 aromatic carbocycles. The molecule has 39 heavy (non-hydrogen) atoms. The van der Waals surface area contributed by atoms with Gasteiger partial charge in [-0.15, -0.1) is 0 Å². The number of pyridine rings is 1. The lowest BCUT2D eigenvalue weighted by atomic mass is 9.87. The van der Waals surface area contributed by atoms with Crippen molar-refractivity contribution in [1.29, 1.82) is 0 Å². The van der Waals surface area contributed by atoms with Gasteiger partial charge in [0, 0.05) is 23.7 Å². The number of hydrogen-bond acceptors (Lipinski definition) is 4. The fourth-order valence-electron chi connectivity index (χ4n) is 4.92. The third kappa shape index (κ3) is 6.21. The van der Waals surface area contributed by atoms with Crippen LogP contribution < -0.4 is 15.4 Å². The maximum Gasteiger partial charge on any atom is 0.323 e. The number of urea groups is 1. The van der Waals surface area contributed by atoms with Gasteiger partial charge in [-0.25, -0.2) is 4.79 Å². The third-order valence-electron chi connectivity index (χ3n) is 7.16. The molecule has 0 aliphatic carbocycles. The summed E-state index contributed by atoms with van der Waals surface area (Å²) in [6.07, 6.45) is 1.94. The first kappa shape index (κ1) is 26.7. The van der Waals surface area contributed by atoms with Crippen molar-refractivity contribution in [3.05, 3.63) is 84.2 Å². The summed E-state index contributed by atoms with van der Waals surface area (Å²) in [5, 5.41) is 8.03. The van der Waals surface area contributed by atoms with Crippen LogP contribution in [0.25, 0.3) is 21.9 Å². The maximum absolute atomic E-state index is 13.1. The first-order chi connectivity index (χ1) is 18.8. The van der Waals surface area contributed by atoms with Crippen LogP contribution in [0.1, 0.15) is 32.0 Å². The summed E-state index contributed by atoms with van der Waals surface area (Å²) >= 11 is 0. The zero-order chi connectivity index (χ0) is 27.4. The van der Waals surface area contributed by atoms with Gasteiger partial charge in [0.1, 0.15) is 5.75 Å². The molecule has 2 amide bonds. The van der Waals surface area contributed by atoms with Gasteiger partial charge in [0.05, 0.1) is 37.3 Å². The standard InChI is InChI=1S/C32H36N4O3/c1-32(2,3)23-10-14-30(38-4)29(19-23)35-31(37)34-28-13-12-25(26-7-5-6-8-27(26)28)22-9-11-24(33-20-22)21-36-15-17-39-18-16-36/h5-14,19-20H,15-18,21H2,1-4H3,(H2,34,35,37)/p+1. The molecule has 1 fully saturated rings. The molecule has 0 atom stereocenters. The molecular formula is C32H37N4O3+. The number of aromatic nitrogens is 1. The molecule has 0 unspecified atom stereocenters. The third-order valence-corrected chi connectivity index (χ3v) is 7.16. The summed E-state index contributed by atoms with van der Waals surface area (Å²) in [6, 6.07) is 21.9. The van der Waals surface area contributed by atoms with Crippen molar-refractivity contribution < 1.29 is 14.3 Å². The SMILES string of the molecule is COc1ccc(C(C)(C)C)cc1NC(=O)Nc1ccc(-c2ccc(CN3CC[OH+]CC3)nc2)c2ccccc12. The topological polar surface area (TPSA) is 79.3 Å². The predicted molar refractivity (Wildman–Crippen MR) is 159 cm³/mol. The number of nitrogens with zero attached hydrogens (tertiary/aromatic N) is 2. The number of amides is 2. The zero-order valence-electron chi connectivity index (χ0n) is 23.1. The van der Waals surface area contributed by atoms with Gasteiger partial charge in [-0.1, -0.05) is 63.2 Å². The fourth-order valence-corrected chi connectivity index (χ4v) is 4.92. The molecule has 0 spiro atoms. The van der Waals surface area contributed by atoms with Crippen LogP contribution in [0, 0.1) is 0 Å². The second-order valence-electron chi connectivity index (χ2n) is 10.9. The Labute approximate surface area is 230 Å². The Balaban J connectivity index is 1.36. The zero-order valence-corrected chi connectivity index (χ0v) is 23.1. The number of benzene rings is 3. The van der Waals surface area contributed by atoms with Gasteiger partial charge in [-0.2, -0.15) is 0 Å². The minimum Gasteiger partial charge on any atom is -0.495 e. The molecule has 1 aliphatic heterocycles. The molecule has 1 aliphatic rings. The molecule has 1 aromatic heterocycles. The second kappa shape index (κ2) is 11.4. The van der Waals surface area contributed by atoms with E-state index in [-0.39, 0.29) is 11.4 Å². The summed E-state index contributed by atoms with van der Waals surface area (Å²) in [5.41, 5.74) is 5.61. The van der Waals surface area contributed by atoms with E-state index in [4.69, 9.17) is 9.72 Å². The van der Waals surface area contributed by atoms with Gasteiger partial charge in [-0.05, 0) is 46.2 Å². The van der Waals surface area contributed by atoms with E-state index in [0.717, 1.165) is 71.7 Å². The number of carbonyl (C=O) groups is 1. The highest BCUT2D eigenvalue weighted by molar-refractivity contribution is 6.10. The molecule has 0 radical (unpaired) electrons. The van der Waals surface area contributed by atoms with Crippen molar-refractivity contribution in [1.82, 2.24) is 9.88 Å². The Kier molecular flexibility index (Phi) is 7.82. The normalized spacial score (nSPS) is 14.3. The summed E-state index contributed by atoms with van der Waals surface area (Å²) in [5.74, 6) is 0.615. The first-order valence-electron chi connectivity index (χ1n) is 13.4. The number of methoxy groups -OCH3 is 1. The van der Waals surface area contributed by atoms with Gasteiger partial charge in [0.15, 0.2) is 13.2 Å². The predicted octanol–water partition coefficient (Wildman–Crippen LogP) is 6.20. The van der Waals surface area contributed by atoms with Crippen molar-refractivity contribution in [2.24, 2.45) is 0 Å². The highest BCUT2D eigenvalue weighted by atomic mass is 16.5. The molecule has 202 valence electrons. The second-order valence-corrected chi connectivity index (χ2v) is 10.9. The number of aliphatic hydroxyl groups is 2. The van der Waals surface area contributed by atoms with E-state index in [2.05, 4.69) is 59.2 Å². The quantitative estimate of drug-likeness (QED) is 0.294. The van der Waals surface area contributed by atoms with E-state index in [9.17, 15) is 4.79 Å². The monoisotopic (exact) mass is 525 g/mol. The number of ether oxygens (including phenoxy) is 2.